The number of rotatable bonds is 11. The average Bonchev–Trinajstić information content (AvgIpc) is 3.51. The van der Waals surface area contributed by atoms with Crippen LogP contribution in [0.1, 0.15) is 56.2 Å². The van der Waals surface area contributed by atoms with Gasteiger partial charge in [-0.05, 0) is 94.9 Å². The number of amides is 1. The fourth-order valence-corrected chi connectivity index (χ4v) is 6.01. The third kappa shape index (κ3) is 9.54. The minimum absolute atomic E-state index is 0.0683. The highest BCUT2D eigenvalue weighted by Crippen LogP contribution is 2.36. The zero-order chi connectivity index (χ0) is 28.0. The summed E-state index contributed by atoms with van der Waals surface area (Å²) in [6.45, 7) is 9.36. The van der Waals surface area contributed by atoms with Gasteiger partial charge in [0, 0.05) is 63.6 Å². The molecule has 220 valence electrons. The number of nitrogens with two attached hydrogens (primary N) is 1. The predicted molar refractivity (Wildman–Crippen MR) is 157 cm³/mol. The molecule has 0 bridgehead atoms. The van der Waals surface area contributed by atoms with Crippen molar-refractivity contribution in [2.45, 2.75) is 56.9 Å². The maximum absolute atomic E-state index is 10.5. The molecule has 0 aliphatic carbocycles. The molecule has 2 N–H and O–H groups in total. The summed E-state index contributed by atoms with van der Waals surface area (Å²) in [6.07, 6.45) is 9.38. The van der Waals surface area contributed by atoms with Gasteiger partial charge in [-0.25, -0.2) is 0 Å². The van der Waals surface area contributed by atoms with Crippen molar-refractivity contribution in [3.63, 3.8) is 0 Å². The molecular weight excluding hydrogens is 504 g/mol. The number of carbonyl (C=O) groups excluding carboxylic acids is 1. The first-order valence-corrected chi connectivity index (χ1v) is 15.0. The van der Waals surface area contributed by atoms with Crippen LogP contribution >= 0.6 is 0 Å². The Balaban J connectivity index is 0.000000350. The molecule has 1 aromatic carbocycles. The second-order valence-electron chi connectivity index (χ2n) is 11.5. The van der Waals surface area contributed by atoms with Gasteiger partial charge in [0.05, 0.1) is 12.3 Å². The number of pyridine rings is 1. The fourth-order valence-electron chi connectivity index (χ4n) is 6.01. The van der Waals surface area contributed by atoms with Gasteiger partial charge in [0.25, 0.3) is 0 Å². The Bertz CT molecular complexity index is 986. The van der Waals surface area contributed by atoms with Crippen molar-refractivity contribution in [3.05, 3.63) is 59.9 Å². The lowest BCUT2D eigenvalue weighted by Crippen LogP contribution is -2.43. The summed E-state index contributed by atoms with van der Waals surface area (Å²) >= 11 is 0. The number of ether oxygens (including phenoxy) is 3. The van der Waals surface area contributed by atoms with Gasteiger partial charge in [0.15, 0.2) is 0 Å². The van der Waals surface area contributed by atoms with E-state index in [2.05, 4.69) is 58.2 Å². The molecule has 0 saturated carbocycles. The SMILES string of the molecule is CN(Cc1ccccn1)CC1(c2ccc(OCCCN3CCCC3)cc2)CCOCC1.NC(=O)C1CCOCC1. The minimum Gasteiger partial charge on any atom is -0.494 e. The predicted octanol–water partition coefficient (Wildman–Crippen LogP) is 4.02. The molecule has 8 nitrogen and oxygen atoms in total. The third-order valence-corrected chi connectivity index (χ3v) is 8.36. The van der Waals surface area contributed by atoms with E-state index in [1.165, 1.54) is 31.5 Å². The molecule has 1 aromatic heterocycles. The molecule has 3 aliphatic rings. The first-order chi connectivity index (χ1) is 19.5. The van der Waals surface area contributed by atoms with Crippen LogP contribution in [-0.2, 0) is 26.2 Å². The lowest BCUT2D eigenvalue weighted by atomic mass is 9.73. The van der Waals surface area contributed by atoms with Crippen molar-refractivity contribution in [1.29, 1.82) is 0 Å². The van der Waals surface area contributed by atoms with E-state index in [1.54, 1.807) is 0 Å². The normalized spacial score (nSPS) is 19.6. The van der Waals surface area contributed by atoms with Crippen molar-refractivity contribution in [1.82, 2.24) is 14.8 Å². The molecule has 4 heterocycles. The highest BCUT2D eigenvalue weighted by atomic mass is 16.5. The summed E-state index contributed by atoms with van der Waals surface area (Å²) in [7, 11) is 2.20. The molecule has 1 amide bonds. The molecule has 40 heavy (non-hydrogen) atoms. The summed E-state index contributed by atoms with van der Waals surface area (Å²) in [5, 5.41) is 0. The molecule has 3 saturated heterocycles. The standard InChI is InChI=1S/C26H37N3O2.C6H11NO2/c1-28(21-24-7-2-3-14-27-24)22-26(12-19-30-20-13-26)23-8-10-25(11-9-23)31-18-6-17-29-15-4-5-16-29;7-6(8)5-1-3-9-4-2-5/h2-3,7-11,14H,4-6,12-13,15-22H2,1H3;5H,1-4H2,(H2,7,8). The Morgan fingerprint density at radius 1 is 1.05 bits per heavy atom. The van der Waals surface area contributed by atoms with Crippen molar-refractivity contribution in [2.75, 3.05) is 66.3 Å². The quantitative estimate of drug-likeness (QED) is 0.421. The van der Waals surface area contributed by atoms with Crippen LogP contribution < -0.4 is 10.5 Å². The van der Waals surface area contributed by atoms with Crippen molar-refractivity contribution in [2.24, 2.45) is 11.7 Å². The van der Waals surface area contributed by atoms with Crippen LogP contribution in [0.2, 0.25) is 0 Å². The summed E-state index contributed by atoms with van der Waals surface area (Å²) in [4.78, 5) is 20.0. The highest BCUT2D eigenvalue weighted by molar-refractivity contribution is 5.76. The number of likely N-dealkylation sites (tertiary alicyclic amines) is 1. The number of carbonyl (C=O) groups is 1. The van der Waals surface area contributed by atoms with E-state index in [9.17, 15) is 4.79 Å². The van der Waals surface area contributed by atoms with Crippen molar-refractivity contribution < 1.29 is 19.0 Å². The third-order valence-electron chi connectivity index (χ3n) is 8.36. The smallest absolute Gasteiger partial charge is 0.220 e. The van der Waals surface area contributed by atoms with E-state index < -0.39 is 0 Å². The number of primary amides is 1. The van der Waals surface area contributed by atoms with Crippen LogP contribution in [0.4, 0.5) is 0 Å². The van der Waals surface area contributed by atoms with E-state index in [0.717, 1.165) is 83.0 Å². The van der Waals surface area contributed by atoms with Crippen LogP contribution in [0, 0.1) is 5.92 Å². The topological polar surface area (TPSA) is 90.1 Å². The van der Waals surface area contributed by atoms with Crippen molar-refractivity contribution >= 4 is 5.91 Å². The largest absolute Gasteiger partial charge is 0.494 e. The Hall–Kier alpha value is -2.52. The molecule has 8 heteroatoms. The van der Waals surface area contributed by atoms with Gasteiger partial charge in [0.1, 0.15) is 5.75 Å². The molecule has 2 aromatic rings. The molecular formula is C32H48N4O4. The van der Waals surface area contributed by atoms with Crippen LogP contribution in [0.3, 0.4) is 0 Å². The van der Waals surface area contributed by atoms with Gasteiger partial charge >= 0.3 is 0 Å². The Kier molecular flexibility index (Phi) is 12.2. The lowest BCUT2D eigenvalue weighted by Gasteiger charge is -2.40. The van der Waals surface area contributed by atoms with E-state index in [0.29, 0.717) is 13.2 Å². The molecule has 3 fully saturated rings. The van der Waals surface area contributed by atoms with Gasteiger partial charge in [0.2, 0.25) is 5.91 Å². The number of hydrogen-bond acceptors (Lipinski definition) is 7. The van der Waals surface area contributed by atoms with Crippen LogP contribution in [0.15, 0.2) is 48.7 Å². The summed E-state index contributed by atoms with van der Waals surface area (Å²) < 4.78 is 16.8. The lowest BCUT2D eigenvalue weighted by molar-refractivity contribution is -0.124. The second-order valence-corrected chi connectivity index (χ2v) is 11.5. The summed E-state index contributed by atoms with van der Waals surface area (Å²) in [5.74, 6) is 0.867. The van der Waals surface area contributed by atoms with Crippen LogP contribution in [0.5, 0.6) is 5.75 Å². The van der Waals surface area contributed by atoms with E-state index in [4.69, 9.17) is 19.9 Å². The van der Waals surface area contributed by atoms with Crippen LogP contribution in [0.25, 0.3) is 0 Å². The molecule has 3 aliphatic heterocycles. The number of likely N-dealkylation sites (N-methyl/N-ethyl adjacent to an activating group) is 1. The van der Waals surface area contributed by atoms with Crippen LogP contribution in [-0.4, -0.2) is 87.0 Å². The Morgan fingerprint density at radius 3 is 2.38 bits per heavy atom. The van der Waals surface area contributed by atoms with Gasteiger partial charge in [-0.1, -0.05) is 18.2 Å². The summed E-state index contributed by atoms with van der Waals surface area (Å²) in [5.41, 5.74) is 7.71. The highest BCUT2D eigenvalue weighted by Gasteiger charge is 2.35. The average molecular weight is 553 g/mol. The Labute approximate surface area is 240 Å². The summed E-state index contributed by atoms with van der Waals surface area (Å²) in [6, 6.07) is 15.0. The Morgan fingerprint density at radius 2 is 1.75 bits per heavy atom. The van der Waals surface area contributed by atoms with Gasteiger partial charge in [-0.2, -0.15) is 0 Å². The molecule has 0 radical (unpaired) electrons. The number of aromatic nitrogens is 1. The number of benzene rings is 1. The first-order valence-electron chi connectivity index (χ1n) is 15.0. The number of nitrogens with zero attached hydrogens (tertiary/aromatic N) is 3. The molecule has 0 spiro atoms. The maximum Gasteiger partial charge on any atom is 0.220 e. The monoisotopic (exact) mass is 552 g/mol. The number of hydrogen-bond donors (Lipinski definition) is 1. The van der Waals surface area contributed by atoms with Gasteiger partial charge in [-0.15, -0.1) is 0 Å². The van der Waals surface area contributed by atoms with Crippen molar-refractivity contribution in [3.8, 4) is 5.75 Å². The zero-order valence-electron chi connectivity index (χ0n) is 24.3. The molecule has 0 unspecified atom stereocenters. The second kappa shape index (κ2) is 16.1. The van der Waals surface area contributed by atoms with E-state index in [-0.39, 0.29) is 17.2 Å². The first kappa shape index (κ1) is 30.4. The van der Waals surface area contributed by atoms with Gasteiger partial charge < -0.3 is 24.8 Å². The minimum atomic E-state index is -0.182. The van der Waals surface area contributed by atoms with E-state index in [1.807, 2.05) is 12.3 Å². The zero-order valence-corrected chi connectivity index (χ0v) is 24.3. The molecule has 0 atom stereocenters. The van der Waals surface area contributed by atoms with Gasteiger partial charge in [-0.3, -0.25) is 14.7 Å². The fraction of sp³-hybridized carbons (Fsp3) is 0.625. The van der Waals surface area contributed by atoms with E-state index >= 15 is 0 Å². The molecule has 5 rings (SSSR count). The maximum atomic E-state index is 10.5.